The third kappa shape index (κ3) is 0.734. The molecule has 1 heterocycles. The molecule has 0 bridgehead atoms. The van der Waals surface area contributed by atoms with Gasteiger partial charge < -0.3 is 4.90 Å². The fraction of sp³-hybridized carbons (Fsp3) is 0.800. The summed E-state index contributed by atoms with van der Waals surface area (Å²) in [6.45, 7) is 0.547. The molecule has 7 heavy (non-hydrogen) atoms. The SMILES string of the molecule is [2H]C1([2H])CCN(C)C1=O. The topological polar surface area (TPSA) is 20.3 Å². The maximum atomic E-state index is 10.8. The highest BCUT2D eigenvalue weighted by atomic mass is 16.2. The summed E-state index contributed by atoms with van der Waals surface area (Å²) in [4.78, 5) is 12.2. The van der Waals surface area contributed by atoms with Crippen LogP contribution >= 0.6 is 0 Å². The maximum absolute atomic E-state index is 10.8. The number of hydrogen-bond acceptors (Lipinski definition) is 1. The smallest absolute Gasteiger partial charge is 0.222 e. The number of hydrogen-bond donors (Lipinski definition) is 0. The third-order valence-corrected chi connectivity index (χ3v) is 1.07. The predicted molar refractivity (Wildman–Crippen MR) is 26.9 cm³/mol. The van der Waals surface area contributed by atoms with Crippen molar-refractivity contribution < 1.29 is 7.54 Å². The molecular formula is C5H9NO. The van der Waals surface area contributed by atoms with E-state index in [9.17, 15) is 4.79 Å². The maximum Gasteiger partial charge on any atom is 0.222 e. The van der Waals surface area contributed by atoms with Gasteiger partial charge in [-0.1, -0.05) is 0 Å². The van der Waals surface area contributed by atoms with Gasteiger partial charge in [0.25, 0.3) is 0 Å². The van der Waals surface area contributed by atoms with Crippen LogP contribution in [0.2, 0.25) is 0 Å². The van der Waals surface area contributed by atoms with E-state index in [1.807, 2.05) is 0 Å². The third-order valence-electron chi connectivity index (χ3n) is 1.07. The zero-order valence-corrected chi connectivity index (χ0v) is 4.27. The van der Waals surface area contributed by atoms with Crippen LogP contribution in [-0.4, -0.2) is 24.4 Å². The molecule has 1 rings (SSSR count). The number of carbonyl (C=O) groups is 1. The molecule has 0 atom stereocenters. The summed E-state index contributed by atoms with van der Waals surface area (Å²) in [6.07, 6.45) is -1.25. The molecule has 0 radical (unpaired) electrons. The lowest BCUT2D eigenvalue weighted by atomic mass is 10.4. The largest absolute Gasteiger partial charge is 0.346 e. The molecule has 1 saturated heterocycles. The lowest BCUT2D eigenvalue weighted by molar-refractivity contribution is -0.126. The molecule has 0 N–H and O–H groups in total. The number of amides is 1. The molecule has 1 aliphatic heterocycles. The first-order chi connectivity index (χ1) is 4.04. The molecule has 0 unspecified atom stereocenters. The van der Waals surface area contributed by atoms with Gasteiger partial charge in [0.15, 0.2) is 0 Å². The average molecular weight is 101 g/mol. The molecule has 1 amide bonds. The lowest BCUT2D eigenvalue weighted by Crippen LogP contribution is -2.17. The zero-order chi connectivity index (χ0) is 7.07. The van der Waals surface area contributed by atoms with Gasteiger partial charge in [-0.05, 0) is 6.42 Å². The predicted octanol–water partition coefficient (Wildman–Crippen LogP) is 0.239. The summed E-state index contributed by atoms with van der Waals surface area (Å²) >= 11 is 0. The van der Waals surface area contributed by atoms with E-state index in [1.54, 1.807) is 7.05 Å². The van der Waals surface area contributed by atoms with Gasteiger partial charge in [0.2, 0.25) is 5.91 Å². The summed E-state index contributed by atoms with van der Waals surface area (Å²) in [7, 11) is 1.62. The Morgan fingerprint density at radius 2 is 2.71 bits per heavy atom. The van der Waals surface area contributed by atoms with Gasteiger partial charge in [-0.15, -0.1) is 0 Å². The van der Waals surface area contributed by atoms with Crippen molar-refractivity contribution >= 4 is 5.91 Å². The minimum atomic E-state index is -1.59. The molecular weight excluding hydrogens is 90.1 g/mol. The Hall–Kier alpha value is -0.530. The van der Waals surface area contributed by atoms with E-state index < -0.39 is 6.37 Å². The zero-order valence-electron chi connectivity index (χ0n) is 6.27. The van der Waals surface area contributed by atoms with Crippen molar-refractivity contribution in [1.29, 1.82) is 0 Å². The van der Waals surface area contributed by atoms with Gasteiger partial charge >= 0.3 is 0 Å². The first-order valence-electron chi connectivity index (χ1n) is 3.29. The highest BCUT2D eigenvalue weighted by Crippen LogP contribution is 2.04. The highest BCUT2D eigenvalue weighted by molar-refractivity contribution is 5.77. The van der Waals surface area contributed by atoms with Crippen molar-refractivity contribution in [2.75, 3.05) is 13.6 Å². The minimum absolute atomic E-state index is 0.336. The van der Waals surface area contributed by atoms with E-state index in [-0.39, 0.29) is 5.91 Å². The van der Waals surface area contributed by atoms with Crippen LogP contribution in [0.15, 0.2) is 0 Å². The van der Waals surface area contributed by atoms with Crippen LogP contribution in [0, 0.1) is 0 Å². The number of likely N-dealkylation sites (tertiary alicyclic amines) is 1. The normalized spacial score (nSPS) is 32.7. The molecule has 0 aromatic carbocycles. The molecule has 0 aliphatic carbocycles. The second-order valence-electron chi connectivity index (χ2n) is 1.65. The summed E-state index contributed by atoms with van der Waals surface area (Å²) in [5.74, 6) is -0.387. The van der Waals surface area contributed by atoms with Crippen LogP contribution in [-0.2, 0) is 4.79 Å². The number of rotatable bonds is 0. The van der Waals surface area contributed by atoms with Crippen molar-refractivity contribution in [2.24, 2.45) is 0 Å². The van der Waals surface area contributed by atoms with Gasteiger partial charge in [0, 0.05) is 22.7 Å². The van der Waals surface area contributed by atoms with Crippen LogP contribution in [0.5, 0.6) is 0 Å². The molecule has 2 nitrogen and oxygen atoms in total. The molecule has 1 fully saturated rings. The van der Waals surface area contributed by atoms with E-state index in [4.69, 9.17) is 2.74 Å². The summed E-state index contributed by atoms with van der Waals surface area (Å²) in [6, 6.07) is 0. The Balaban J connectivity index is 2.74. The number of carbonyl (C=O) groups excluding carboxylic acids is 1. The van der Waals surface area contributed by atoms with Gasteiger partial charge in [-0.3, -0.25) is 4.79 Å². The van der Waals surface area contributed by atoms with Crippen molar-refractivity contribution in [3.8, 4) is 0 Å². The Morgan fingerprint density at radius 3 is 2.86 bits per heavy atom. The monoisotopic (exact) mass is 101 g/mol. The molecule has 0 aromatic heterocycles. The molecule has 40 valence electrons. The standard InChI is InChI=1S/C5H9NO/c1-6-4-2-3-5(6)7/h2-4H2,1H3/i3D2. The van der Waals surface area contributed by atoms with Crippen LogP contribution in [0.25, 0.3) is 0 Å². The molecule has 0 saturated carbocycles. The van der Waals surface area contributed by atoms with E-state index >= 15 is 0 Å². The fourth-order valence-corrected chi connectivity index (χ4v) is 0.567. The van der Waals surface area contributed by atoms with E-state index in [0.717, 1.165) is 0 Å². The summed E-state index contributed by atoms with van der Waals surface area (Å²) < 4.78 is 14.2. The quantitative estimate of drug-likeness (QED) is 0.428. The van der Waals surface area contributed by atoms with Crippen molar-refractivity contribution in [1.82, 2.24) is 4.90 Å². The van der Waals surface area contributed by atoms with Gasteiger partial charge in [-0.2, -0.15) is 0 Å². The molecule has 0 aromatic rings. The van der Waals surface area contributed by atoms with Crippen LogP contribution < -0.4 is 0 Å². The van der Waals surface area contributed by atoms with E-state index in [2.05, 4.69) is 0 Å². The first-order valence-corrected chi connectivity index (χ1v) is 2.29. The van der Waals surface area contributed by atoms with Crippen molar-refractivity contribution in [2.45, 2.75) is 12.8 Å². The fourth-order valence-electron chi connectivity index (χ4n) is 0.567. The Kier molecular flexibility index (Phi) is 0.587. The van der Waals surface area contributed by atoms with Crippen LogP contribution in [0.4, 0.5) is 0 Å². The van der Waals surface area contributed by atoms with Crippen LogP contribution in [0.1, 0.15) is 15.5 Å². The molecule has 0 spiro atoms. The second-order valence-corrected chi connectivity index (χ2v) is 1.65. The van der Waals surface area contributed by atoms with E-state index in [0.29, 0.717) is 13.0 Å². The Bertz CT molecular complexity index is 146. The highest BCUT2D eigenvalue weighted by Gasteiger charge is 2.14. The van der Waals surface area contributed by atoms with Crippen molar-refractivity contribution in [3.05, 3.63) is 0 Å². The van der Waals surface area contributed by atoms with Gasteiger partial charge in [0.1, 0.15) is 0 Å². The van der Waals surface area contributed by atoms with E-state index in [1.165, 1.54) is 4.90 Å². The first kappa shape index (κ1) is 2.70. The number of nitrogens with zero attached hydrogens (tertiary/aromatic N) is 1. The summed E-state index contributed by atoms with van der Waals surface area (Å²) in [5, 5.41) is 0. The minimum Gasteiger partial charge on any atom is -0.346 e. The van der Waals surface area contributed by atoms with Crippen LogP contribution in [0.3, 0.4) is 0 Å². The summed E-state index contributed by atoms with van der Waals surface area (Å²) in [5.41, 5.74) is 0. The van der Waals surface area contributed by atoms with Gasteiger partial charge in [0.05, 0.1) is 0 Å². The lowest BCUT2D eigenvalue weighted by Gasteiger charge is -2.03. The molecule has 1 aliphatic rings. The van der Waals surface area contributed by atoms with Crippen molar-refractivity contribution in [3.63, 3.8) is 0 Å². The average Bonchev–Trinajstić information content (AvgIpc) is 1.97. The Labute approximate surface area is 45.9 Å². The second kappa shape index (κ2) is 1.52. The van der Waals surface area contributed by atoms with Gasteiger partial charge in [-0.25, -0.2) is 0 Å². The Morgan fingerprint density at radius 1 is 2.00 bits per heavy atom. The molecule has 2 heteroatoms.